The number of carbonyl (C=O) groups excluding carboxylic acids is 1. The van der Waals surface area contributed by atoms with Crippen molar-refractivity contribution in [3.8, 4) is 0 Å². The molecule has 1 aliphatic heterocycles. The summed E-state index contributed by atoms with van der Waals surface area (Å²) in [5.74, 6) is -0.204. The van der Waals surface area contributed by atoms with E-state index in [1.807, 2.05) is 18.2 Å². The fraction of sp³-hybridized carbons (Fsp3) is 0.375. The number of aliphatic hydroxyl groups is 1. The number of fused-ring (bicyclic) bond motifs is 1. The lowest BCUT2D eigenvalue weighted by atomic mass is 10.0. The summed E-state index contributed by atoms with van der Waals surface area (Å²) in [6.07, 6.45) is 7.39. The molecule has 0 bridgehead atoms. The van der Waals surface area contributed by atoms with Gasteiger partial charge in [-0.2, -0.15) is 0 Å². The summed E-state index contributed by atoms with van der Waals surface area (Å²) in [6, 6.07) is 10.2. The lowest BCUT2D eigenvalue weighted by Gasteiger charge is -2.20. The summed E-state index contributed by atoms with van der Waals surface area (Å²) < 4.78 is 1.71. The van der Waals surface area contributed by atoms with Crippen molar-refractivity contribution in [3.63, 3.8) is 0 Å². The van der Waals surface area contributed by atoms with Crippen LogP contribution in [0.25, 0.3) is 0 Å². The smallest absolute Gasteiger partial charge is 0.233 e. The maximum absolute atomic E-state index is 12.9. The summed E-state index contributed by atoms with van der Waals surface area (Å²) >= 11 is 8.67. The van der Waals surface area contributed by atoms with Crippen LogP contribution in [0.2, 0.25) is 0 Å². The molecular formula is C24H24Br2N4O2S. The van der Waals surface area contributed by atoms with Crippen molar-refractivity contribution in [2.45, 2.75) is 56.2 Å². The molecule has 0 radical (unpaired) electrons. The molecule has 1 amide bonds. The number of aliphatic hydroxyl groups excluding tert-OH is 1. The molecule has 3 N–H and O–H groups in total. The van der Waals surface area contributed by atoms with E-state index in [4.69, 9.17) is 0 Å². The van der Waals surface area contributed by atoms with Gasteiger partial charge < -0.3 is 15.7 Å². The maximum Gasteiger partial charge on any atom is 0.233 e. The van der Waals surface area contributed by atoms with E-state index in [-0.39, 0.29) is 17.9 Å². The van der Waals surface area contributed by atoms with E-state index in [9.17, 15) is 9.90 Å². The molecule has 1 aromatic carbocycles. The number of anilines is 1. The van der Waals surface area contributed by atoms with Crippen LogP contribution in [0.1, 0.15) is 53.0 Å². The normalized spacial score (nSPS) is 22.8. The van der Waals surface area contributed by atoms with Gasteiger partial charge in [0, 0.05) is 39.4 Å². The van der Waals surface area contributed by atoms with Crippen LogP contribution in [0.3, 0.4) is 0 Å². The van der Waals surface area contributed by atoms with Crippen molar-refractivity contribution in [1.82, 2.24) is 15.3 Å². The Kier molecular flexibility index (Phi) is 6.94. The van der Waals surface area contributed by atoms with Crippen LogP contribution in [0.15, 0.2) is 51.1 Å². The highest BCUT2D eigenvalue weighted by molar-refractivity contribution is 9.11. The number of carbonyl (C=O) groups is 1. The molecule has 3 heterocycles. The second-order valence-corrected chi connectivity index (χ2v) is 11.9. The predicted molar refractivity (Wildman–Crippen MR) is 136 cm³/mol. The zero-order chi connectivity index (χ0) is 22.9. The Balaban J connectivity index is 1.19. The highest BCUT2D eigenvalue weighted by atomic mass is 79.9. The number of thiazole rings is 1. The molecular weight excluding hydrogens is 568 g/mol. The van der Waals surface area contributed by atoms with Gasteiger partial charge in [0.2, 0.25) is 5.91 Å². The van der Waals surface area contributed by atoms with Crippen LogP contribution in [-0.4, -0.2) is 33.1 Å². The van der Waals surface area contributed by atoms with Gasteiger partial charge >= 0.3 is 0 Å². The number of nitrogens with one attached hydrogen (secondary N) is 2. The molecule has 1 fully saturated rings. The topological polar surface area (TPSA) is 87.1 Å². The van der Waals surface area contributed by atoms with Crippen molar-refractivity contribution in [1.29, 1.82) is 0 Å². The largest absolute Gasteiger partial charge is 0.387 e. The average molecular weight is 592 g/mol. The quantitative estimate of drug-likeness (QED) is 0.370. The second-order valence-electron chi connectivity index (χ2n) is 8.65. The molecule has 1 unspecified atom stereocenters. The molecule has 1 aliphatic carbocycles. The monoisotopic (exact) mass is 590 g/mol. The van der Waals surface area contributed by atoms with E-state index in [1.165, 1.54) is 10.4 Å². The van der Waals surface area contributed by atoms with Crippen molar-refractivity contribution < 1.29 is 9.90 Å². The first kappa shape index (κ1) is 23.1. The third-order valence-electron chi connectivity index (χ3n) is 6.46. The third kappa shape index (κ3) is 5.07. The zero-order valence-corrected chi connectivity index (χ0v) is 21.8. The molecule has 9 heteroatoms. The fourth-order valence-corrected chi connectivity index (χ4v) is 6.95. The summed E-state index contributed by atoms with van der Waals surface area (Å²) in [6.45, 7) is 0. The first-order chi connectivity index (χ1) is 16.0. The molecule has 2 aliphatic rings. The van der Waals surface area contributed by atoms with Crippen molar-refractivity contribution >= 4 is 54.8 Å². The van der Waals surface area contributed by atoms with Crippen LogP contribution >= 0.6 is 43.2 Å². The molecule has 2 aromatic heterocycles. The Labute approximate surface area is 213 Å². The Morgan fingerprint density at radius 2 is 2.15 bits per heavy atom. The second kappa shape index (κ2) is 9.92. The molecule has 4 atom stereocenters. The molecule has 1 saturated heterocycles. The Hall–Kier alpha value is -1.65. The number of rotatable bonds is 6. The van der Waals surface area contributed by atoms with E-state index in [0.717, 1.165) is 57.4 Å². The van der Waals surface area contributed by atoms with E-state index in [2.05, 4.69) is 64.6 Å². The number of hydrogen-bond acceptors (Lipinski definition) is 6. The van der Waals surface area contributed by atoms with E-state index in [1.54, 1.807) is 23.7 Å². The van der Waals surface area contributed by atoms with Crippen molar-refractivity contribution in [2.75, 3.05) is 5.32 Å². The Morgan fingerprint density at radius 1 is 1.27 bits per heavy atom. The van der Waals surface area contributed by atoms with Crippen LogP contribution in [0.5, 0.6) is 0 Å². The van der Waals surface area contributed by atoms with Gasteiger partial charge in [-0.15, -0.1) is 11.3 Å². The minimum atomic E-state index is -0.553. The molecule has 33 heavy (non-hydrogen) atoms. The fourth-order valence-electron chi connectivity index (χ4n) is 4.79. The maximum atomic E-state index is 12.9. The lowest BCUT2D eigenvalue weighted by Crippen LogP contribution is -2.35. The van der Waals surface area contributed by atoms with Gasteiger partial charge in [-0.25, -0.2) is 4.98 Å². The highest BCUT2D eigenvalue weighted by Gasteiger charge is 2.33. The first-order valence-electron chi connectivity index (χ1n) is 11.1. The minimum Gasteiger partial charge on any atom is -0.387 e. The minimum absolute atomic E-state index is 0.00955. The van der Waals surface area contributed by atoms with E-state index < -0.39 is 6.10 Å². The van der Waals surface area contributed by atoms with Crippen LogP contribution in [-0.2, 0) is 17.6 Å². The summed E-state index contributed by atoms with van der Waals surface area (Å²) in [5, 5.41) is 17.3. The zero-order valence-electron chi connectivity index (χ0n) is 17.8. The van der Waals surface area contributed by atoms with Crippen LogP contribution in [0.4, 0.5) is 5.69 Å². The van der Waals surface area contributed by atoms with E-state index >= 15 is 0 Å². The Morgan fingerprint density at radius 3 is 2.94 bits per heavy atom. The number of pyridine rings is 1. The molecule has 6 nitrogen and oxygen atoms in total. The van der Waals surface area contributed by atoms with Gasteiger partial charge in [-0.1, -0.05) is 12.1 Å². The standard InChI is InChI=1S/C24H24Br2N4O2S/c25-17-11-13(10-15-4-7-19(28-15)22(31)14-2-1-9-27-12-14)3-6-18(17)29-23(32)16-5-8-20-21(16)30-24(26)33-20/h1-3,6,9,11-12,15-16,19,22,28,31H,4-5,7-8,10H2,(H,29,32)/t15-,16-,19+,22?/m0/s1. The summed E-state index contributed by atoms with van der Waals surface area (Å²) in [5.41, 5.74) is 3.71. The van der Waals surface area contributed by atoms with Gasteiger partial charge in [-0.05, 0) is 87.7 Å². The molecule has 0 spiro atoms. The van der Waals surface area contributed by atoms with Crippen LogP contribution in [0, 0.1) is 0 Å². The van der Waals surface area contributed by atoms with E-state index in [0.29, 0.717) is 6.04 Å². The first-order valence-corrected chi connectivity index (χ1v) is 13.5. The van der Waals surface area contributed by atoms with Gasteiger partial charge in [0.25, 0.3) is 0 Å². The third-order valence-corrected chi connectivity index (χ3v) is 8.70. The Bertz CT molecular complexity index is 1160. The molecule has 3 aromatic rings. The van der Waals surface area contributed by atoms with Crippen molar-refractivity contribution in [3.05, 3.63) is 72.8 Å². The average Bonchev–Trinajstić information content (AvgIpc) is 3.51. The van der Waals surface area contributed by atoms with Gasteiger partial charge in [-0.3, -0.25) is 9.78 Å². The van der Waals surface area contributed by atoms with Crippen LogP contribution < -0.4 is 10.6 Å². The number of benzene rings is 1. The van der Waals surface area contributed by atoms with Gasteiger partial charge in [0.1, 0.15) is 0 Å². The van der Waals surface area contributed by atoms with Gasteiger partial charge in [0.15, 0.2) is 3.92 Å². The number of nitrogens with zero attached hydrogens (tertiary/aromatic N) is 2. The number of aryl methyl sites for hydroxylation is 1. The SMILES string of the molecule is O=C(Nc1ccc(C[C@@H]2CC[C@H](C(O)c3cccnc3)N2)cc1Br)[C@H]1CCc2sc(Br)nc21. The lowest BCUT2D eigenvalue weighted by molar-refractivity contribution is -0.117. The number of halogens is 2. The highest BCUT2D eigenvalue weighted by Crippen LogP contribution is 2.39. The predicted octanol–water partition coefficient (Wildman–Crippen LogP) is 5.13. The molecule has 172 valence electrons. The molecule has 5 rings (SSSR count). The van der Waals surface area contributed by atoms with Crippen molar-refractivity contribution in [2.24, 2.45) is 0 Å². The van der Waals surface area contributed by atoms with Gasteiger partial charge in [0.05, 0.1) is 23.4 Å². The summed E-state index contributed by atoms with van der Waals surface area (Å²) in [4.78, 5) is 22.7. The number of amides is 1. The molecule has 0 saturated carbocycles. The number of aromatic nitrogens is 2. The summed E-state index contributed by atoms with van der Waals surface area (Å²) in [7, 11) is 0. The number of hydrogen-bond donors (Lipinski definition) is 3.